The lowest BCUT2D eigenvalue weighted by atomic mass is 10.3. The summed E-state index contributed by atoms with van der Waals surface area (Å²) in [4.78, 5) is 11.8. The van der Waals surface area contributed by atoms with Crippen molar-refractivity contribution in [2.75, 3.05) is 13.2 Å². The zero-order valence-corrected chi connectivity index (χ0v) is 12.5. The quantitative estimate of drug-likeness (QED) is 0.806. The third-order valence-corrected chi connectivity index (χ3v) is 3.05. The zero-order chi connectivity index (χ0) is 16.8. The van der Waals surface area contributed by atoms with Crippen molar-refractivity contribution in [3.05, 3.63) is 47.8 Å². The minimum Gasteiger partial charge on any atom is -0.491 e. The topological polar surface area (TPSA) is 76.4 Å². The highest BCUT2D eigenvalue weighted by molar-refractivity contribution is 5.93. The minimum absolute atomic E-state index is 0.0419. The van der Waals surface area contributed by atoms with Crippen molar-refractivity contribution in [2.24, 2.45) is 0 Å². The van der Waals surface area contributed by atoms with Gasteiger partial charge in [0.1, 0.15) is 18.5 Å². The monoisotopic (exact) mass is 325 g/mol. The SMILES string of the molecule is CCn1cc(C(=O)NCC(O)COc2ccc(F)c(F)c2)cn1. The Hall–Kier alpha value is -2.48. The number of ether oxygens (including phenoxy) is 1. The molecule has 1 aromatic carbocycles. The summed E-state index contributed by atoms with van der Waals surface area (Å²) in [7, 11) is 0. The zero-order valence-electron chi connectivity index (χ0n) is 12.5. The van der Waals surface area contributed by atoms with E-state index in [0.29, 0.717) is 12.1 Å². The second-order valence-electron chi connectivity index (χ2n) is 4.84. The van der Waals surface area contributed by atoms with Crippen molar-refractivity contribution >= 4 is 5.91 Å². The number of hydrogen-bond donors (Lipinski definition) is 2. The summed E-state index contributed by atoms with van der Waals surface area (Å²) in [6.07, 6.45) is 2.04. The first-order valence-corrected chi connectivity index (χ1v) is 7.06. The van der Waals surface area contributed by atoms with E-state index in [2.05, 4.69) is 10.4 Å². The lowest BCUT2D eigenvalue weighted by Crippen LogP contribution is -2.35. The molecule has 2 aromatic rings. The number of amides is 1. The highest BCUT2D eigenvalue weighted by Crippen LogP contribution is 2.15. The van der Waals surface area contributed by atoms with E-state index in [9.17, 15) is 18.7 Å². The highest BCUT2D eigenvalue weighted by Gasteiger charge is 2.12. The predicted octanol–water partition coefficient (Wildman–Crippen LogP) is 1.35. The first-order valence-electron chi connectivity index (χ1n) is 7.06. The van der Waals surface area contributed by atoms with Gasteiger partial charge in [0.15, 0.2) is 11.6 Å². The lowest BCUT2D eigenvalue weighted by Gasteiger charge is -2.13. The maximum absolute atomic E-state index is 13.0. The molecule has 8 heteroatoms. The van der Waals surface area contributed by atoms with Crippen molar-refractivity contribution in [1.29, 1.82) is 0 Å². The summed E-state index contributed by atoms with van der Waals surface area (Å²) in [5, 5.41) is 16.3. The molecule has 0 spiro atoms. The Bertz CT molecular complexity index is 676. The van der Waals surface area contributed by atoms with E-state index < -0.39 is 17.7 Å². The van der Waals surface area contributed by atoms with Gasteiger partial charge < -0.3 is 15.2 Å². The molecule has 0 radical (unpaired) electrons. The number of carbonyl (C=O) groups excluding carboxylic acids is 1. The maximum atomic E-state index is 13.0. The van der Waals surface area contributed by atoms with Gasteiger partial charge in [0, 0.05) is 25.4 Å². The predicted molar refractivity (Wildman–Crippen MR) is 78.1 cm³/mol. The van der Waals surface area contributed by atoms with Crippen LogP contribution in [-0.2, 0) is 6.54 Å². The fourth-order valence-corrected chi connectivity index (χ4v) is 1.78. The molecule has 0 fully saturated rings. The van der Waals surface area contributed by atoms with E-state index in [1.165, 1.54) is 12.3 Å². The van der Waals surface area contributed by atoms with Gasteiger partial charge >= 0.3 is 0 Å². The smallest absolute Gasteiger partial charge is 0.254 e. The Labute approximate surface area is 131 Å². The maximum Gasteiger partial charge on any atom is 0.254 e. The molecule has 0 aliphatic heterocycles. The second-order valence-corrected chi connectivity index (χ2v) is 4.84. The van der Waals surface area contributed by atoms with E-state index >= 15 is 0 Å². The molecular formula is C15H17F2N3O3. The van der Waals surface area contributed by atoms with Crippen LogP contribution in [0.25, 0.3) is 0 Å². The third-order valence-electron chi connectivity index (χ3n) is 3.05. The average molecular weight is 325 g/mol. The van der Waals surface area contributed by atoms with Gasteiger partial charge in [-0.25, -0.2) is 8.78 Å². The van der Waals surface area contributed by atoms with E-state index in [4.69, 9.17) is 4.74 Å². The number of hydrogen-bond acceptors (Lipinski definition) is 4. The number of nitrogens with zero attached hydrogens (tertiary/aromatic N) is 2. The Morgan fingerprint density at radius 3 is 2.87 bits per heavy atom. The van der Waals surface area contributed by atoms with Crippen LogP contribution in [-0.4, -0.2) is 40.0 Å². The van der Waals surface area contributed by atoms with Gasteiger partial charge in [-0.3, -0.25) is 9.48 Å². The number of aliphatic hydroxyl groups is 1. The van der Waals surface area contributed by atoms with Crippen molar-refractivity contribution in [3.63, 3.8) is 0 Å². The number of aromatic nitrogens is 2. The number of halogens is 2. The fraction of sp³-hybridized carbons (Fsp3) is 0.333. The van der Waals surface area contributed by atoms with Crippen molar-refractivity contribution in [2.45, 2.75) is 19.6 Å². The molecule has 0 saturated heterocycles. The molecule has 1 heterocycles. The van der Waals surface area contributed by atoms with Gasteiger partial charge in [0.05, 0.1) is 11.8 Å². The fourth-order valence-electron chi connectivity index (χ4n) is 1.78. The third kappa shape index (κ3) is 4.75. The van der Waals surface area contributed by atoms with Gasteiger partial charge in [-0.05, 0) is 19.1 Å². The number of benzene rings is 1. The molecule has 124 valence electrons. The number of rotatable bonds is 7. The molecule has 0 saturated carbocycles. The molecule has 2 rings (SSSR count). The number of nitrogens with one attached hydrogen (secondary N) is 1. The standard InChI is InChI=1S/C15H17F2N3O3/c1-2-20-8-10(6-19-20)15(22)18-7-11(21)9-23-12-3-4-13(16)14(17)5-12/h3-6,8,11,21H,2,7,9H2,1H3,(H,18,22). The average Bonchev–Trinajstić information content (AvgIpc) is 3.03. The van der Waals surface area contributed by atoms with E-state index in [1.807, 2.05) is 6.92 Å². The molecule has 6 nitrogen and oxygen atoms in total. The normalized spacial score (nSPS) is 12.0. The summed E-state index contributed by atoms with van der Waals surface area (Å²) in [6, 6.07) is 3.08. The highest BCUT2D eigenvalue weighted by atomic mass is 19.2. The van der Waals surface area contributed by atoms with Crippen molar-refractivity contribution < 1.29 is 23.4 Å². The van der Waals surface area contributed by atoms with Gasteiger partial charge in [-0.15, -0.1) is 0 Å². The molecule has 1 atom stereocenters. The molecular weight excluding hydrogens is 308 g/mol. The van der Waals surface area contributed by atoms with Crippen molar-refractivity contribution in [3.8, 4) is 5.75 Å². The van der Waals surface area contributed by atoms with Crippen molar-refractivity contribution in [1.82, 2.24) is 15.1 Å². The van der Waals surface area contributed by atoms with Crippen LogP contribution in [0.3, 0.4) is 0 Å². The van der Waals surface area contributed by atoms with Crippen LogP contribution in [0.5, 0.6) is 5.75 Å². The van der Waals surface area contributed by atoms with Crippen LogP contribution in [0.1, 0.15) is 17.3 Å². The van der Waals surface area contributed by atoms with Crippen LogP contribution < -0.4 is 10.1 Å². The summed E-state index contributed by atoms with van der Waals surface area (Å²) < 4.78 is 32.5. The van der Waals surface area contributed by atoms with Crippen LogP contribution in [0.15, 0.2) is 30.6 Å². The Morgan fingerprint density at radius 2 is 2.22 bits per heavy atom. The molecule has 23 heavy (non-hydrogen) atoms. The summed E-state index contributed by atoms with van der Waals surface area (Å²) in [5.74, 6) is -2.27. The van der Waals surface area contributed by atoms with E-state index in [0.717, 1.165) is 12.1 Å². The summed E-state index contributed by atoms with van der Waals surface area (Å²) >= 11 is 0. The molecule has 0 aliphatic rings. The lowest BCUT2D eigenvalue weighted by molar-refractivity contribution is 0.0843. The first-order chi connectivity index (χ1) is 11.0. The van der Waals surface area contributed by atoms with Crippen LogP contribution >= 0.6 is 0 Å². The second kappa shape index (κ2) is 7.68. The molecule has 1 aromatic heterocycles. The summed E-state index contributed by atoms with van der Waals surface area (Å²) in [5.41, 5.74) is 0.389. The minimum atomic E-state index is -1.03. The van der Waals surface area contributed by atoms with E-state index in [1.54, 1.807) is 10.9 Å². The molecule has 0 bridgehead atoms. The summed E-state index contributed by atoms with van der Waals surface area (Å²) in [6.45, 7) is 2.34. The Balaban J connectivity index is 1.77. The molecule has 2 N–H and O–H groups in total. The van der Waals surface area contributed by atoms with Crippen LogP contribution in [0, 0.1) is 11.6 Å². The molecule has 0 aliphatic carbocycles. The Morgan fingerprint density at radius 1 is 1.43 bits per heavy atom. The largest absolute Gasteiger partial charge is 0.491 e. The van der Waals surface area contributed by atoms with Gasteiger partial charge in [-0.2, -0.15) is 5.10 Å². The van der Waals surface area contributed by atoms with Gasteiger partial charge in [0.25, 0.3) is 5.91 Å². The number of carbonyl (C=O) groups is 1. The van der Waals surface area contributed by atoms with Crippen LogP contribution in [0.4, 0.5) is 8.78 Å². The van der Waals surface area contributed by atoms with Crippen LogP contribution in [0.2, 0.25) is 0 Å². The number of aliphatic hydroxyl groups excluding tert-OH is 1. The number of aryl methyl sites for hydroxylation is 1. The molecule has 1 amide bonds. The van der Waals surface area contributed by atoms with Gasteiger partial charge in [0.2, 0.25) is 0 Å². The van der Waals surface area contributed by atoms with Gasteiger partial charge in [-0.1, -0.05) is 0 Å². The first kappa shape index (κ1) is 16.9. The Kier molecular flexibility index (Phi) is 5.64. The molecule has 1 unspecified atom stereocenters. The van der Waals surface area contributed by atoms with E-state index in [-0.39, 0.29) is 24.8 Å².